The first-order chi connectivity index (χ1) is 19.9. The number of hydrogen-bond donors (Lipinski definition) is 1. The Hall–Kier alpha value is -1.86. The van der Waals surface area contributed by atoms with Gasteiger partial charge in [-0.1, -0.05) is 41.5 Å². The van der Waals surface area contributed by atoms with Crippen molar-refractivity contribution >= 4 is 43.0 Å². The Labute approximate surface area is 266 Å². The van der Waals surface area contributed by atoms with Gasteiger partial charge in [0.25, 0.3) is 5.56 Å². The summed E-state index contributed by atoms with van der Waals surface area (Å²) in [5.41, 5.74) is 4.63. The molecule has 44 heavy (non-hydrogen) atoms. The molecule has 0 amide bonds. The second-order valence-corrected chi connectivity index (χ2v) is 26.7. The number of hydrogen-bond acceptors (Lipinski definition) is 10. The zero-order chi connectivity index (χ0) is 33.4. The summed E-state index contributed by atoms with van der Waals surface area (Å²) in [6.45, 7) is 22.2. The number of thiophene rings is 1. The predicted molar refractivity (Wildman–Crippen MR) is 178 cm³/mol. The highest BCUT2D eigenvalue weighted by atomic mass is 32.2. The molecule has 11 nitrogen and oxygen atoms in total. The Morgan fingerprint density at radius 2 is 1.66 bits per heavy atom. The van der Waals surface area contributed by atoms with Gasteiger partial charge in [0.05, 0.1) is 12.3 Å². The molecule has 4 rings (SSSR count). The van der Waals surface area contributed by atoms with E-state index in [1.807, 2.05) is 13.1 Å². The summed E-state index contributed by atoms with van der Waals surface area (Å²) in [6, 6.07) is 1.67. The molecule has 4 heterocycles. The smallest absolute Gasteiger partial charge is 0.332 e. The number of aryl methyl sites for hydroxylation is 1. The average molecular weight is 686 g/mol. The third-order valence-corrected chi connectivity index (χ3v) is 20.9. The molecular formula is C29H47N3O8S2Si2. The number of ether oxygens (including phenoxy) is 1. The molecule has 0 aromatic carbocycles. The van der Waals surface area contributed by atoms with Crippen LogP contribution in [0.5, 0.6) is 0 Å². The van der Waals surface area contributed by atoms with Crippen molar-refractivity contribution in [2.75, 3.05) is 6.61 Å². The molecule has 4 atom stereocenters. The van der Waals surface area contributed by atoms with Crippen LogP contribution in [0, 0.1) is 6.92 Å². The molecule has 1 fully saturated rings. The second-order valence-electron chi connectivity index (χ2n) is 14.8. The lowest BCUT2D eigenvalue weighted by molar-refractivity contribution is -0.0566. The van der Waals surface area contributed by atoms with E-state index in [0.29, 0.717) is 11.1 Å². The van der Waals surface area contributed by atoms with Crippen molar-refractivity contribution in [2.24, 2.45) is 12.8 Å². The van der Waals surface area contributed by atoms with E-state index in [9.17, 15) is 18.0 Å². The predicted octanol–water partition coefficient (Wildman–Crippen LogP) is 4.65. The van der Waals surface area contributed by atoms with E-state index in [1.54, 1.807) is 23.8 Å². The van der Waals surface area contributed by atoms with E-state index in [4.69, 9.17) is 23.5 Å². The molecule has 2 aromatic heterocycles. The van der Waals surface area contributed by atoms with E-state index in [2.05, 4.69) is 54.6 Å². The van der Waals surface area contributed by atoms with Gasteiger partial charge in [0, 0.05) is 24.4 Å². The van der Waals surface area contributed by atoms with Crippen molar-refractivity contribution in [3.63, 3.8) is 0 Å². The van der Waals surface area contributed by atoms with Gasteiger partial charge in [-0.3, -0.25) is 13.9 Å². The van der Waals surface area contributed by atoms with Gasteiger partial charge in [0.15, 0.2) is 28.5 Å². The van der Waals surface area contributed by atoms with E-state index >= 15 is 0 Å². The summed E-state index contributed by atoms with van der Waals surface area (Å²) in [6.07, 6.45) is -2.03. The molecule has 1 spiro atoms. The molecule has 15 heteroatoms. The number of nitrogens with zero attached hydrogens (tertiary/aromatic N) is 2. The van der Waals surface area contributed by atoms with Crippen molar-refractivity contribution < 1.29 is 26.2 Å². The molecule has 4 unspecified atom stereocenters. The van der Waals surface area contributed by atoms with Crippen LogP contribution in [0.3, 0.4) is 0 Å². The maximum atomic E-state index is 13.9. The Kier molecular flexibility index (Phi) is 8.86. The summed E-state index contributed by atoms with van der Waals surface area (Å²) >= 11 is 1.33. The van der Waals surface area contributed by atoms with Crippen molar-refractivity contribution in [3.8, 4) is 0 Å². The van der Waals surface area contributed by atoms with Gasteiger partial charge < -0.3 is 19.3 Å². The van der Waals surface area contributed by atoms with Gasteiger partial charge in [0.1, 0.15) is 17.1 Å². The second kappa shape index (κ2) is 11.1. The maximum absolute atomic E-state index is 13.9. The Morgan fingerprint density at radius 3 is 2.18 bits per heavy atom. The van der Waals surface area contributed by atoms with Crippen LogP contribution >= 0.6 is 11.3 Å². The molecule has 1 saturated heterocycles. The molecule has 0 saturated carbocycles. The normalized spacial score (nSPS) is 26.2. The monoisotopic (exact) mass is 685 g/mol. The summed E-state index contributed by atoms with van der Waals surface area (Å²) in [4.78, 5) is 26.2. The first-order valence-corrected chi connectivity index (χ1v) is 22.8. The first kappa shape index (κ1) is 35.0. The molecule has 2 aliphatic rings. The summed E-state index contributed by atoms with van der Waals surface area (Å²) in [5.74, 6) is 0. The minimum atomic E-state index is -4.40. The lowest BCUT2D eigenvalue weighted by Gasteiger charge is -2.43. The number of nitrogens with two attached hydrogens (primary N) is 1. The third-order valence-electron chi connectivity index (χ3n) is 9.80. The van der Waals surface area contributed by atoms with Crippen molar-refractivity contribution in [1.29, 1.82) is 0 Å². The van der Waals surface area contributed by atoms with E-state index in [-0.39, 0.29) is 27.3 Å². The number of rotatable bonds is 7. The highest BCUT2D eigenvalue weighted by Crippen LogP contribution is 2.55. The minimum Gasteiger partial charge on any atom is -0.414 e. The SMILES string of the molecule is Cc1cn(C2OC(CO[Si](C)(C)C(C)(C)C)C3(OS(=O)(=O)C(c4ccsc4)=C3N)C2O[Si](C)(C)C(C)(C)C)c(=O)n(C)c1=O. The minimum absolute atomic E-state index is 0.0551. The molecular weight excluding hydrogens is 639 g/mol. The lowest BCUT2D eigenvalue weighted by atomic mass is 9.88. The fourth-order valence-electron chi connectivity index (χ4n) is 4.98. The fourth-order valence-corrected chi connectivity index (χ4v) is 9.56. The van der Waals surface area contributed by atoms with Gasteiger partial charge in [-0.25, -0.2) is 8.98 Å². The molecule has 0 radical (unpaired) electrons. The highest BCUT2D eigenvalue weighted by molar-refractivity contribution is 7.96. The van der Waals surface area contributed by atoms with Crippen molar-refractivity contribution in [1.82, 2.24) is 9.13 Å². The van der Waals surface area contributed by atoms with Crippen molar-refractivity contribution in [2.45, 2.75) is 109 Å². The topological polar surface area (TPSA) is 141 Å². The lowest BCUT2D eigenvalue weighted by Crippen LogP contribution is -2.59. The fraction of sp³-hybridized carbons (Fsp3) is 0.655. The maximum Gasteiger partial charge on any atom is 0.332 e. The van der Waals surface area contributed by atoms with Crippen LogP contribution in [0.25, 0.3) is 4.91 Å². The molecule has 2 aliphatic heterocycles. The molecule has 2 N–H and O–H groups in total. The molecule has 2 aromatic rings. The number of aromatic nitrogens is 2. The zero-order valence-corrected chi connectivity index (χ0v) is 31.4. The summed E-state index contributed by atoms with van der Waals surface area (Å²) < 4.78 is 56.5. The summed E-state index contributed by atoms with van der Waals surface area (Å²) in [5, 5.41) is 2.98. The van der Waals surface area contributed by atoms with Crippen LogP contribution in [0.4, 0.5) is 0 Å². The van der Waals surface area contributed by atoms with Gasteiger partial charge in [-0.05, 0) is 60.0 Å². The Bertz CT molecular complexity index is 1680. The molecule has 0 aliphatic carbocycles. The van der Waals surface area contributed by atoms with E-state index in [0.717, 1.165) is 4.57 Å². The van der Waals surface area contributed by atoms with Crippen LogP contribution in [0.15, 0.2) is 38.3 Å². The van der Waals surface area contributed by atoms with Gasteiger partial charge in [-0.2, -0.15) is 19.8 Å². The first-order valence-electron chi connectivity index (χ1n) is 14.6. The van der Waals surface area contributed by atoms with Crippen LogP contribution in [-0.2, 0) is 34.9 Å². The van der Waals surface area contributed by atoms with Crippen LogP contribution in [0.1, 0.15) is 58.9 Å². The van der Waals surface area contributed by atoms with Gasteiger partial charge in [0.2, 0.25) is 0 Å². The third kappa shape index (κ3) is 5.67. The zero-order valence-electron chi connectivity index (χ0n) is 27.8. The molecule has 0 bridgehead atoms. The van der Waals surface area contributed by atoms with Gasteiger partial charge in [-0.15, -0.1) is 0 Å². The average Bonchev–Trinajstić information content (AvgIpc) is 3.54. The van der Waals surface area contributed by atoms with Crippen LogP contribution in [0.2, 0.25) is 36.3 Å². The van der Waals surface area contributed by atoms with E-state index in [1.165, 1.54) is 29.1 Å². The van der Waals surface area contributed by atoms with Crippen LogP contribution < -0.4 is 17.0 Å². The highest BCUT2D eigenvalue weighted by Gasteiger charge is 2.69. The Balaban J connectivity index is 2.04. The standard InChI is InChI=1S/C29H47N3O8S2Si2/c1-18-15-32(26(34)31(8)24(18)33)25-23(39-44(11,12)28(5,6)7)29(20(38-25)16-37-43(9,10)27(2,3)4)22(30)21(42(35,36)40-29)19-13-14-41-17-19/h13-15,17,20,23,25H,16,30H2,1-12H3. The Morgan fingerprint density at radius 1 is 1.07 bits per heavy atom. The summed E-state index contributed by atoms with van der Waals surface area (Å²) in [7, 11) is -8.12. The largest absolute Gasteiger partial charge is 0.414 e. The quantitative estimate of drug-likeness (QED) is 0.326. The van der Waals surface area contributed by atoms with E-state index < -0.39 is 62.0 Å². The van der Waals surface area contributed by atoms with Crippen molar-refractivity contribution in [3.05, 3.63) is 60.7 Å². The van der Waals surface area contributed by atoms with Gasteiger partial charge >= 0.3 is 15.8 Å². The molecule has 246 valence electrons. The van der Waals surface area contributed by atoms with Crippen LogP contribution in [-0.4, -0.2) is 58.6 Å².